The zero-order valence-corrected chi connectivity index (χ0v) is 7.76. The Kier molecular flexibility index (Phi) is 3.38. The topological polar surface area (TPSA) is 49.3 Å². The Morgan fingerprint density at radius 2 is 2.13 bits per heavy atom. The number of hydrogen-bond donors (Lipinski definition) is 2. The molecule has 3 nitrogen and oxygen atoms in total. The van der Waals surface area contributed by atoms with E-state index in [1.54, 1.807) is 0 Å². The van der Waals surface area contributed by atoms with Gasteiger partial charge in [-0.15, -0.1) is 0 Å². The SMILES string of the molecule is C=C(CNc1cc(F)ccc1F)C(=O)O. The maximum Gasteiger partial charge on any atom is 0.332 e. The van der Waals surface area contributed by atoms with Gasteiger partial charge in [-0.05, 0) is 18.2 Å². The van der Waals surface area contributed by atoms with Gasteiger partial charge in [0.05, 0.1) is 5.69 Å². The molecular weight excluding hydrogens is 204 g/mol. The molecule has 0 unspecified atom stereocenters. The summed E-state index contributed by atoms with van der Waals surface area (Å²) in [4.78, 5) is 10.4. The van der Waals surface area contributed by atoms with Crippen molar-refractivity contribution in [1.29, 1.82) is 0 Å². The minimum absolute atomic E-state index is 0.0857. The molecule has 1 aromatic carbocycles. The van der Waals surface area contributed by atoms with Crippen molar-refractivity contribution in [2.24, 2.45) is 0 Å². The highest BCUT2D eigenvalue weighted by Crippen LogP contribution is 2.15. The third-order valence-corrected chi connectivity index (χ3v) is 1.72. The lowest BCUT2D eigenvalue weighted by Crippen LogP contribution is -2.12. The number of nitrogens with one attached hydrogen (secondary N) is 1. The Morgan fingerprint density at radius 1 is 1.47 bits per heavy atom. The third kappa shape index (κ3) is 3.05. The molecule has 0 saturated heterocycles. The second kappa shape index (κ2) is 4.54. The summed E-state index contributed by atoms with van der Waals surface area (Å²) in [5.41, 5.74) is -0.212. The van der Waals surface area contributed by atoms with Gasteiger partial charge in [-0.3, -0.25) is 0 Å². The van der Waals surface area contributed by atoms with Crippen LogP contribution < -0.4 is 5.32 Å². The zero-order valence-electron chi connectivity index (χ0n) is 7.76. The van der Waals surface area contributed by atoms with E-state index in [2.05, 4.69) is 11.9 Å². The maximum atomic E-state index is 13.0. The minimum atomic E-state index is -1.18. The molecule has 0 radical (unpaired) electrons. The van der Waals surface area contributed by atoms with Crippen LogP contribution in [0.5, 0.6) is 0 Å². The first kappa shape index (κ1) is 11.2. The van der Waals surface area contributed by atoms with Gasteiger partial charge in [-0.1, -0.05) is 6.58 Å². The van der Waals surface area contributed by atoms with Gasteiger partial charge in [0.25, 0.3) is 0 Å². The highest BCUT2D eigenvalue weighted by molar-refractivity contribution is 5.86. The molecule has 0 spiro atoms. The summed E-state index contributed by atoms with van der Waals surface area (Å²) in [5, 5.41) is 10.9. The Morgan fingerprint density at radius 3 is 2.73 bits per heavy atom. The number of carboxylic acids is 1. The highest BCUT2D eigenvalue weighted by atomic mass is 19.1. The lowest BCUT2D eigenvalue weighted by Gasteiger charge is -2.06. The van der Waals surface area contributed by atoms with Crippen LogP contribution in [0.4, 0.5) is 14.5 Å². The van der Waals surface area contributed by atoms with Gasteiger partial charge in [0.1, 0.15) is 11.6 Å². The molecule has 5 heteroatoms. The minimum Gasteiger partial charge on any atom is -0.478 e. The van der Waals surface area contributed by atoms with E-state index < -0.39 is 17.6 Å². The van der Waals surface area contributed by atoms with Crippen LogP contribution >= 0.6 is 0 Å². The Balaban J connectivity index is 2.69. The molecule has 0 aliphatic heterocycles. The van der Waals surface area contributed by atoms with Crippen LogP contribution in [0.3, 0.4) is 0 Å². The van der Waals surface area contributed by atoms with E-state index in [1.807, 2.05) is 0 Å². The van der Waals surface area contributed by atoms with E-state index >= 15 is 0 Å². The van der Waals surface area contributed by atoms with E-state index in [9.17, 15) is 13.6 Å². The van der Waals surface area contributed by atoms with Crippen LogP contribution in [0.15, 0.2) is 30.4 Å². The van der Waals surface area contributed by atoms with Crippen LogP contribution in [-0.4, -0.2) is 17.6 Å². The standard InChI is InChI=1S/C10H9F2NO2/c1-6(10(14)15)5-13-9-4-7(11)2-3-8(9)12/h2-4,13H,1,5H2,(H,14,15). The predicted molar refractivity (Wildman–Crippen MR) is 51.6 cm³/mol. The van der Waals surface area contributed by atoms with E-state index in [0.29, 0.717) is 0 Å². The van der Waals surface area contributed by atoms with Gasteiger partial charge >= 0.3 is 5.97 Å². The first-order valence-corrected chi connectivity index (χ1v) is 4.10. The molecule has 0 atom stereocenters. The summed E-state index contributed by atoms with van der Waals surface area (Å²) < 4.78 is 25.7. The third-order valence-electron chi connectivity index (χ3n) is 1.72. The molecule has 0 aromatic heterocycles. The number of aliphatic carboxylic acids is 1. The molecule has 2 N–H and O–H groups in total. The molecule has 0 amide bonds. The Hall–Kier alpha value is -1.91. The number of hydrogen-bond acceptors (Lipinski definition) is 2. The fourth-order valence-electron chi connectivity index (χ4n) is 0.910. The van der Waals surface area contributed by atoms with Crippen molar-refractivity contribution in [1.82, 2.24) is 0 Å². The summed E-state index contributed by atoms with van der Waals surface area (Å²) in [6.45, 7) is 3.10. The van der Waals surface area contributed by atoms with Crippen molar-refractivity contribution >= 4 is 11.7 Å². The summed E-state index contributed by atoms with van der Waals surface area (Å²) >= 11 is 0. The molecule has 1 aromatic rings. The van der Waals surface area contributed by atoms with E-state index in [0.717, 1.165) is 18.2 Å². The first-order chi connectivity index (χ1) is 7.00. The van der Waals surface area contributed by atoms with Crippen LogP contribution in [0.25, 0.3) is 0 Å². The molecule has 0 heterocycles. The van der Waals surface area contributed by atoms with Crippen molar-refractivity contribution in [2.45, 2.75) is 0 Å². The molecule has 80 valence electrons. The molecule has 15 heavy (non-hydrogen) atoms. The van der Waals surface area contributed by atoms with Crippen LogP contribution in [0.1, 0.15) is 0 Å². The number of anilines is 1. The molecule has 0 bridgehead atoms. The lowest BCUT2D eigenvalue weighted by atomic mass is 10.2. The average Bonchev–Trinajstić information content (AvgIpc) is 2.18. The fraction of sp³-hybridized carbons (Fsp3) is 0.100. The van der Waals surface area contributed by atoms with Gasteiger partial charge in [-0.2, -0.15) is 0 Å². The second-order valence-corrected chi connectivity index (χ2v) is 2.89. The van der Waals surface area contributed by atoms with Gasteiger partial charge in [0.2, 0.25) is 0 Å². The van der Waals surface area contributed by atoms with Gasteiger partial charge in [0, 0.05) is 12.1 Å². The number of benzene rings is 1. The number of carbonyl (C=O) groups is 1. The zero-order chi connectivity index (χ0) is 11.4. The summed E-state index contributed by atoms with van der Waals surface area (Å²) in [5.74, 6) is -2.42. The molecule has 0 saturated carbocycles. The smallest absolute Gasteiger partial charge is 0.332 e. The second-order valence-electron chi connectivity index (χ2n) is 2.89. The highest BCUT2D eigenvalue weighted by Gasteiger charge is 2.06. The maximum absolute atomic E-state index is 13.0. The molecule has 0 aliphatic carbocycles. The quantitative estimate of drug-likeness (QED) is 0.752. The van der Waals surface area contributed by atoms with Gasteiger partial charge in [0.15, 0.2) is 0 Å². The normalized spacial score (nSPS) is 9.73. The number of rotatable bonds is 4. The molecule has 0 aliphatic rings. The average molecular weight is 213 g/mol. The van der Waals surface area contributed by atoms with Crippen molar-refractivity contribution in [2.75, 3.05) is 11.9 Å². The first-order valence-electron chi connectivity index (χ1n) is 4.10. The van der Waals surface area contributed by atoms with Crippen molar-refractivity contribution in [3.8, 4) is 0 Å². The fourth-order valence-corrected chi connectivity index (χ4v) is 0.910. The Bertz CT molecular complexity index is 404. The van der Waals surface area contributed by atoms with Crippen LogP contribution in [-0.2, 0) is 4.79 Å². The largest absolute Gasteiger partial charge is 0.478 e. The molecule has 1 rings (SSSR count). The summed E-state index contributed by atoms with van der Waals surface area (Å²) in [6.07, 6.45) is 0. The summed E-state index contributed by atoms with van der Waals surface area (Å²) in [6, 6.07) is 2.89. The van der Waals surface area contributed by atoms with Crippen molar-refractivity contribution in [3.63, 3.8) is 0 Å². The number of carboxylic acid groups (broad SMARTS) is 1. The molecular formula is C10H9F2NO2. The van der Waals surface area contributed by atoms with Crippen LogP contribution in [0, 0.1) is 11.6 Å². The van der Waals surface area contributed by atoms with E-state index in [1.165, 1.54) is 0 Å². The Labute approximate surface area is 85.0 Å². The number of halogens is 2. The summed E-state index contributed by atoms with van der Waals surface area (Å²) in [7, 11) is 0. The molecule has 0 fully saturated rings. The van der Waals surface area contributed by atoms with E-state index in [-0.39, 0.29) is 17.8 Å². The lowest BCUT2D eigenvalue weighted by molar-refractivity contribution is -0.132. The van der Waals surface area contributed by atoms with Crippen LogP contribution in [0.2, 0.25) is 0 Å². The van der Waals surface area contributed by atoms with Gasteiger partial charge in [-0.25, -0.2) is 13.6 Å². The predicted octanol–water partition coefficient (Wildman–Crippen LogP) is 2.02. The van der Waals surface area contributed by atoms with E-state index in [4.69, 9.17) is 5.11 Å². The van der Waals surface area contributed by atoms with Crippen molar-refractivity contribution in [3.05, 3.63) is 42.0 Å². The monoisotopic (exact) mass is 213 g/mol. The van der Waals surface area contributed by atoms with Gasteiger partial charge < -0.3 is 10.4 Å². The van der Waals surface area contributed by atoms with Crippen molar-refractivity contribution < 1.29 is 18.7 Å².